The lowest BCUT2D eigenvalue weighted by Gasteiger charge is -2.05. The topological polar surface area (TPSA) is 53.1 Å². The highest BCUT2D eigenvalue weighted by Gasteiger charge is 2.02. The second kappa shape index (κ2) is 4.14. The maximum absolute atomic E-state index is 5.65. The maximum atomic E-state index is 5.65. The lowest BCUT2D eigenvalue weighted by atomic mass is 10.2. The van der Waals surface area contributed by atoms with Gasteiger partial charge in [0.2, 0.25) is 0 Å². The van der Waals surface area contributed by atoms with Crippen molar-refractivity contribution in [3.05, 3.63) is 42.2 Å². The fourth-order valence-corrected chi connectivity index (χ4v) is 1.30. The number of nitrogens with two attached hydrogens (primary N) is 1. The van der Waals surface area contributed by atoms with E-state index in [4.69, 9.17) is 10.5 Å². The van der Waals surface area contributed by atoms with Crippen LogP contribution in [0.4, 0.5) is 0 Å². The van der Waals surface area contributed by atoms with Gasteiger partial charge in [-0.05, 0) is 18.6 Å². The smallest absolute Gasteiger partial charge is 0.165 e. The quantitative estimate of drug-likeness (QED) is 0.828. The van der Waals surface area contributed by atoms with Gasteiger partial charge in [-0.2, -0.15) is 5.10 Å². The zero-order valence-electron chi connectivity index (χ0n) is 8.55. The minimum Gasteiger partial charge on any atom is -0.454 e. The summed E-state index contributed by atoms with van der Waals surface area (Å²) in [5.41, 5.74) is 6.53. The van der Waals surface area contributed by atoms with Crippen LogP contribution in [0.1, 0.15) is 5.56 Å². The Hall–Kier alpha value is -1.81. The number of aromatic nitrogens is 2. The molecule has 0 amide bonds. The fourth-order valence-electron chi connectivity index (χ4n) is 1.30. The van der Waals surface area contributed by atoms with Gasteiger partial charge < -0.3 is 10.5 Å². The molecule has 0 saturated carbocycles. The Morgan fingerprint density at radius 1 is 1.40 bits per heavy atom. The van der Waals surface area contributed by atoms with Crippen LogP contribution in [-0.4, -0.2) is 9.78 Å². The van der Waals surface area contributed by atoms with Crippen molar-refractivity contribution in [2.45, 2.75) is 13.6 Å². The van der Waals surface area contributed by atoms with E-state index in [0.29, 0.717) is 12.4 Å². The lowest BCUT2D eigenvalue weighted by molar-refractivity contribution is 0.477. The van der Waals surface area contributed by atoms with Crippen LogP contribution in [-0.2, 0) is 6.67 Å². The lowest BCUT2D eigenvalue weighted by Crippen LogP contribution is -2.06. The molecule has 0 spiro atoms. The molecule has 0 unspecified atom stereocenters. The van der Waals surface area contributed by atoms with Crippen LogP contribution < -0.4 is 10.5 Å². The van der Waals surface area contributed by atoms with E-state index in [2.05, 4.69) is 5.10 Å². The van der Waals surface area contributed by atoms with E-state index in [-0.39, 0.29) is 0 Å². The largest absolute Gasteiger partial charge is 0.454 e. The summed E-state index contributed by atoms with van der Waals surface area (Å²) in [6, 6.07) is 7.85. The second-order valence-corrected chi connectivity index (χ2v) is 3.27. The van der Waals surface area contributed by atoms with Crippen LogP contribution in [0.15, 0.2) is 36.7 Å². The van der Waals surface area contributed by atoms with Crippen molar-refractivity contribution in [1.82, 2.24) is 9.78 Å². The van der Waals surface area contributed by atoms with E-state index in [0.717, 1.165) is 11.3 Å². The molecular weight excluding hydrogens is 190 g/mol. The molecule has 0 aliphatic rings. The molecule has 4 nitrogen and oxygen atoms in total. The summed E-state index contributed by atoms with van der Waals surface area (Å²) in [7, 11) is 0. The molecule has 1 heterocycles. The number of rotatable bonds is 3. The van der Waals surface area contributed by atoms with E-state index < -0.39 is 0 Å². The molecule has 4 heteroatoms. The highest BCUT2D eigenvalue weighted by Crippen LogP contribution is 2.23. The molecule has 0 fully saturated rings. The van der Waals surface area contributed by atoms with Crippen molar-refractivity contribution in [1.29, 1.82) is 0 Å². The van der Waals surface area contributed by atoms with Crippen molar-refractivity contribution >= 4 is 0 Å². The molecule has 78 valence electrons. The van der Waals surface area contributed by atoms with Gasteiger partial charge in [0.1, 0.15) is 5.75 Å². The van der Waals surface area contributed by atoms with Crippen molar-refractivity contribution < 1.29 is 4.74 Å². The molecule has 15 heavy (non-hydrogen) atoms. The standard InChI is InChI=1S/C11H13N3O/c1-9-4-2-3-5-11(9)15-10-6-13-14(7-10)8-12/h2-7H,8,12H2,1H3. The second-order valence-electron chi connectivity index (χ2n) is 3.27. The minimum atomic E-state index is 0.358. The Balaban J connectivity index is 2.18. The SMILES string of the molecule is Cc1ccccc1Oc1cnn(CN)c1. The number of aryl methyl sites for hydroxylation is 1. The zero-order valence-corrected chi connectivity index (χ0v) is 8.55. The molecule has 2 rings (SSSR count). The summed E-state index contributed by atoms with van der Waals surface area (Å²) in [6.07, 6.45) is 3.42. The first-order chi connectivity index (χ1) is 7.29. The first-order valence-electron chi connectivity index (χ1n) is 4.75. The Morgan fingerprint density at radius 3 is 2.87 bits per heavy atom. The van der Waals surface area contributed by atoms with Crippen LogP contribution >= 0.6 is 0 Å². The van der Waals surface area contributed by atoms with Gasteiger partial charge in [0, 0.05) is 0 Å². The predicted octanol–water partition coefficient (Wildman–Crippen LogP) is 1.90. The number of hydrogen-bond acceptors (Lipinski definition) is 3. The third kappa shape index (κ3) is 2.16. The fraction of sp³-hybridized carbons (Fsp3) is 0.182. The number of nitrogens with zero attached hydrogens (tertiary/aromatic N) is 2. The third-order valence-corrected chi connectivity index (χ3v) is 2.12. The summed E-state index contributed by atoms with van der Waals surface area (Å²) >= 11 is 0. The Labute approximate surface area is 88.3 Å². The van der Waals surface area contributed by atoms with Crippen LogP contribution in [0.2, 0.25) is 0 Å². The third-order valence-electron chi connectivity index (χ3n) is 2.12. The Bertz CT molecular complexity index is 451. The summed E-state index contributed by atoms with van der Waals surface area (Å²) in [4.78, 5) is 0. The summed E-state index contributed by atoms with van der Waals surface area (Å²) in [5.74, 6) is 1.55. The Kier molecular flexibility index (Phi) is 2.69. The maximum Gasteiger partial charge on any atom is 0.165 e. The average Bonchev–Trinajstić information content (AvgIpc) is 2.69. The molecule has 2 aromatic rings. The van der Waals surface area contributed by atoms with E-state index in [1.165, 1.54) is 0 Å². The monoisotopic (exact) mass is 203 g/mol. The highest BCUT2D eigenvalue weighted by atomic mass is 16.5. The van der Waals surface area contributed by atoms with Gasteiger partial charge in [-0.1, -0.05) is 18.2 Å². The molecule has 0 atom stereocenters. The first-order valence-corrected chi connectivity index (χ1v) is 4.75. The summed E-state index contributed by atoms with van der Waals surface area (Å²) in [5, 5.41) is 4.03. The number of hydrogen-bond donors (Lipinski definition) is 1. The number of para-hydroxylation sites is 1. The molecule has 0 radical (unpaired) electrons. The van der Waals surface area contributed by atoms with Crippen LogP contribution in [0.25, 0.3) is 0 Å². The summed E-state index contributed by atoms with van der Waals surface area (Å²) < 4.78 is 7.27. The Morgan fingerprint density at radius 2 is 2.20 bits per heavy atom. The highest BCUT2D eigenvalue weighted by molar-refractivity contribution is 5.35. The minimum absolute atomic E-state index is 0.358. The van der Waals surface area contributed by atoms with Crippen LogP contribution in [0.5, 0.6) is 11.5 Å². The zero-order chi connectivity index (χ0) is 10.7. The van der Waals surface area contributed by atoms with E-state index in [9.17, 15) is 0 Å². The van der Waals surface area contributed by atoms with Gasteiger partial charge >= 0.3 is 0 Å². The normalized spacial score (nSPS) is 10.3. The molecule has 1 aromatic carbocycles. The van der Waals surface area contributed by atoms with Crippen LogP contribution in [0.3, 0.4) is 0 Å². The van der Waals surface area contributed by atoms with Crippen LogP contribution in [0, 0.1) is 6.92 Å². The van der Waals surface area contributed by atoms with Gasteiger partial charge in [0.05, 0.1) is 19.1 Å². The van der Waals surface area contributed by atoms with Crippen molar-refractivity contribution in [2.24, 2.45) is 5.73 Å². The van der Waals surface area contributed by atoms with Gasteiger partial charge in [-0.3, -0.25) is 4.68 Å². The molecule has 0 aliphatic heterocycles. The van der Waals surface area contributed by atoms with Crippen molar-refractivity contribution in [3.8, 4) is 11.5 Å². The van der Waals surface area contributed by atoms with E-state index in [1.807, 2.05) is 31.2 Å². The van der Waals surface area contributed by atoms with Crippen molar-refractivity contribution in [3.63, 3.8) is 0 Å². The molecule has 0 saturated heterocycles. The van der Waals surface area contributed by atoms with Gasteiger partial charge in [0.25, 0.3) is 0 Å². The number of ether oxygens (including phenoxy) is 1. The van der Waals surface area contributed by atoms with E-state index in [1.54, 1.807) is 17.1 Å². The van der Waals surface area contributed by atoms with Gasteiger partial charge in [-0.15, -0.1) is 0 Å². The molecule has 2 N–H and O–H groups in total. The van der Waals surface area contributed by atoms with Gasteiger partial charge in [0.15, 0.2) is 5.75 Å². The van der Waals surface area contributed by atoms with Gasteiger partial charge in [-0.25, -0.2) is 0 Å². The predicted molar refractivity (Wildman–Crippen MR) is 57.7 cm³/mol. The summed E-state index contributed by atoms with van der Waals surface area (Å²) in [6.45, 7) is 2.36. The molecule has 0 bridgehead atoms. The van der Waals surface area contributed by atoms with Crippen molar-refractivity contribution in [2.75, 3.05) is 0 Å². The molecule has 1 aromatic heterocycles. The molecule has 0 aliphatic carbocycles. The molecular formula is C11H13N3O. The first kappa shape index (κ1) is 9.73. The van der Waals surface area contributed by atoms with E-state index >= 15 is 0 Å². The average molecular weight is 203 g/mol. The number of benzene rings is 1.